The molecule has 0 aromatic heterocycles. The van der Waals surface area contributed by atoms with Gasteiger partial charge in [0.2, 0.25) is 0 Å². The number of ether oxygens (including phenoxy) is 4. The first-order chi connectivity index (χ1) is 42.9. The Kier molecular flexibility index (Phi) is 60.8. The molecule has 0 aliphatic carbocycles. The number of rotatable bonds is 69. The molecule has 0 aliphatic rings. The van der Waals surface area contributed by atoms with Gasteiger partial charge in [0.05, 0.1) is 26.4 Å². The Hall–Kier alpha value is -1.94. The fourth-order valence-electron chi connectivity index (χ4n) is 10.6. The number of hydrogen-bond donors (Lipinski definition) is 3. The van der Waals surface area contributed by atoms with Crippen molar-refractivity contribution in [2.24, 2.45) is 11.8 Å². The van der Waals surface area contributed by atoms with Crippen molar-refractivity contribution in [2.75, 3.05) is 39.6 Å². The predicted octanol–water partition coefficient (Wildman–Crippen LogP) is 20.0. The Morgan fingerprint density at radius 3 is 0.764 bits per heavy atom. The zero-order valence-electron chi connectivity index (χ0n) is 57.7. The van der Waals surface area contributed by atoms with E-state index >= 15 is 0 Å². The molecular weight excluding hydrogens is 1170 g/mol. The van der Waals surface area contributed by atoms with Gasteiger partial charge >= 0.3 is 39.5 Å². The molecule has 0 spiro atoms. The highest BCUT2D eigenvalue weighted by atomic mass is 31.2. The molecule has 2 unspecified atom stereocenters. The molecule has 0 aromatic carbocycles. The molecule has 0 amide bonds. The second-order valence-corrected chi connectivity index (χ2v) is 29.1. The van der Waals surface area contributed by atoms with Gasteiger partial charge in [-0.25, -0.2) is 9.13 Å². The van der Waals surface area contributed by atoms with E-state index < -0.39 is 97.5 Å². The predicted molar refractivity (Wildman–Crippen MR) is 358 cm³/mol. The van der Waals surface area contributed by atoms with Crippen LogP contribution in [0.5, 0.6) is 0 Å². The van der Waals surface area contributed by atoms with Gasteiger partial charge in [-0.3, -0.25) is 37.3 Å². The first-order valence-corrected chi connectivity index (χ1v) is 39.5. The maximum Gasteiger partial charge on any atom is 0.472 e. The molecule has 19 heteroatoms. The first-order valence-electron chi connectivity index (χ1n) is 36.5. The summed E-state index contributed by atoms with van der Waals surface area (Å²) in [5, 5.41) is 10.6. The second-order valence-electron chi connectivity index (χ2n) is 26.2. The average molecular weight is 1310 g/mol. The SMILES string of the molecule is CCCCCCCCCCCCCCCC(=O)OC[C@H](COP(=O)(O)OC[C@@H](O)COP(=O)(O)OC[C@@H](COC(=O)CCCCCCCCC(C)C)OC(=O)CCCCCCCCCCCCCCC)OC(=O)CCCCCCCCCCCCCC(C)C. The van der Waals surface area contributed by atoms with Gasteiger partial charge in [0.1, 0.15) is 19.3 Å². The van der Waals surface area contributed by atoms with Crippen LogP contribution in [0.25, 0.3) is 0 Å². The molecule has 5 atom stereocenters. The van der Waals surface area contributed by atoms with Gasteiger partial charge in [-0.15, -0.1) is 0 Å². The molecule has 0 fully saturated rings. The molecule has 0 radical (unpaired) electrons. The van der Waals surface area contributed by atoms with Crippen molar-refractivity contribution in [1.82, 2.24) is 0 Å². The number of aliphatic hydroxyl groups is 1. The molecule has 528 valence electrons. The monoisotopic (exact) mass is 1310 g/mol. The van der Waals surface area contributed by atoms with Gasteiger partial charge in [-0.1, -0.05) is 305 Å². The highest BCUT2D eigenvalue weighted by Gasteiger charge is 2.30. The fraction of sp³-hybridized carbons (Fsp3) is 0.943. The Balaban J connectivity index is 5.25. The number of phosphoric ester groups is 2. The van der Waals surface area contributed by atoms with E-state index in [1.54, 1.807) is 0 Å². The van der Waals surface area contributed by atoms with Crippen molar-refractivity contribution in [3.63, 3.8) is 0 Å². The van der Waals surface area contributed by atoms with Crippen molar-refractivity contribution in [1.29, 1.82) is 0 Å². The molecule has 17 nitrogen and oxygen atoms in total. The third-order valence-corrected chi connectivity index (χ3v) is 18.1. The summed E-state index contributed by atoms with van der Waals surface area (Å²) >= 11 is 0. The lowest BCUT2D eigenvalue weighted by atomic mass is 10.0. The third-order valence-electron chi connectivity index (χ3n) is 16.2. The minimum Gasteiger partial charge on any atom is -0.462 e. The van der Waals surface area contributed by atoms with Crippen molar-refractivity contribution in [2.45, 2.75) is 374 Å². The minimum atomic E-state index is -4.95. The molecule has 0 bridgehead atoms. The lowest BCUT2D eigenvalue weighted by Crippen LogP contribution is -2.30. The number of hydrogen-bond acceptors (Lipinski definition) is 15. The van der Waals surface area contributed by atoms with Gasteiger partial charge in [-0.2, -0.15) is 0 Å². The smallest absolute Gasteiger partial charge is 0.462 e. The van der Waals surface area contributed by atoms with Crippen molar-refractivity contribution >= 4 is 39.5 Å². The van der Waals surface area contributed by atoms with E-state index in [2.05, 4.69) is 41.5 Å². The standard InChI is InChI=1S/C70H136O17P2/c1-7-9-11-13-15-17-19-21-25-29-33-40-46-52-67(72)80-58-65(86-70(75)55-49-43-35-31-27-23-24-28-32-38-44-50-62(3)4)60-84-88(76,77)82-56-64(71)57-83-89(78,79)85-61-66(59-81-68(73)53-47-41-37-36-39-45-51-63(5)6)87-69(74)54-48-42-34-30-26-22-20-18-16-14-12-10-8-2/h62-66,71H,7-61H2,1-6H3,(H,76,77)(H,78,79)/t64-,65-,66-/m1/s1. The Morgan fingerprint density at radius 1 is 0.303 bits per heavy atom. The van der Waals surface area contributed by atoms with Crippen LogP contribution in [0.3, 0.4) is 0 Å². The van der Waals surface area contributed by atoms with E-state index in [0.717, 1.165) is 102 Å². The summed E-state index contributed by atoms with van der Waals surface area (Å²) in [7, 11) is -9.90. The summed E-state index contributed by atoms with van der Waals surface area (Å²) in [5.41, 5.74) is 0. The van der Waals surface area contributed by atoms with Crippen molar-refractivity contribution in [3.8, 4) is 0 Å². The number of aliphatic hydroxyl groups excluding tert-OH is 1. The zero-order valence-corrected chi connectivity index (χ0v) is 59.5. The average Bonchev–Trinajstić information content (AvgIpc) is 3.71. The van der Waals surface area contributed by atoms with Gasteiger partial charge in [0.25, 0.3) is 0 Å². The highest BCUT2D eigenvalue weighted by molar-refractivity contribution is 7.47. The topological polar surface area (TPSA) is 237 Å². The van der Waals surface area contributed by atoms with E-state index in [4.69, 9.17) is 37.0 Å². The van der Waals surface area contributed by atoms with E-state index in [9.17, 15) is 43.2 Å². The molecule has 0 aromatic rings. The van der Waals surface area contributed by atoms with Crippen molar-refractivity contribution in [3.05, 3.63) is 0 Å². The lowest BCUT2D eigenvalue weighted by molar-refractivity contribution is -0.161. The van der Waals surface area contributed by atoms with Crippen LogP contribution in [0, 0.1) is 11.8 Å². The number of unbranched alkanes of at least 4 members (excludes halogenated alkanes) is 39. The van der Waals surface area contributed by atoms with Crippen LogP contribution < -0.4 is 0 Å². The zero-order chi connectivity index (χ0) is 65.7. The van der Waals surface area contributed by atoms with Gasteiger partial charge in [0.15, 0.2) is 12.2 Å². The summed E-state index contributed by atoms with van der Waals surface area (Å²) < 4.78 is 68.3. The summed E-state index contributed by atoms with van der Waals surface area (Å²) in [6.07, 6.45) is 47.2. The highest BCUT2D eigenvalue weighted by Crippen LogP contribution is 2.45. The van der Waals surface area contributed by atoms with Crippen molar-refractivity contribution < 1.29 is 80.2 Å². The van der Waals surface area contributed by atoms with Crippen LogP contribution in [-0.4, -0.2) is 96.7 Å². The Bertz CT molecular complexity index is 1730. The molecule has 0 rings (SSSR count). The quantitative estimate of drug-likeness (QED) is 0.0222. The summed E-state index contributed by atoms with van der Waals surface area (Å²) in [6.45, 7) is 9.47. The van der Waals surface area contributed by atoms with Gasteiger partial charge in [-0.05, 0) is 37.5 Å². The molecule has 89 heavy (non-hydrogen) atoms. The maximum atomic E-state index is 13.0. The fourth-order valence-corrected chi connectivity index (χ4v) is 12.2. The number of carbonyl (C=O) groups is 4. The molecule has 0 heterocycles. The molecule has 0 saturated carbocycles. The lowest BCUT2D eigenvalue weighted by Gasteiger charge is -2.21. The van der Waals surface area contributed by atoms with E-state index in [1.807, 2.05) is 0 Å². The van der Waals surface area contributed by atoms with E-state index in [0.29, 0.717) is 31.6 Å². The van der Waals surface area contributed by atoms with Crippen LogP contribution in [0.15, 0.2) is 0 Å². The largest absolute Gasteiger partial charge is 0.472 e. The van der Waals surface area contributed by atoms with Crippen LogP contribution in [0.2, 0.25) is 0 Å². The minimum absolute atomic E-state index is 0.106. The van der Waals surface area contributed by atoms with E-state index in [-0.39, 0.29) is 25.7 Å². The molecule has 0 saturated heterocycles. The van der Waals surface area contributed by atoms with Crippen LogP contribution in [0.4, 0.5) is 0 Å². The van der Waals surface area contributed by atoms with Gasteiger partial charge < -0.3 is 33.8 Å². The molecule has 0 aliphatic heterocycles. The number of phosphoric acid groups is 2. The van der Waals surface area contributed by atoms with E-state index in [1.165, 1.54) is 167 Å². The van der Waals surface area contributed by atoms with Crippen LogP contribution >= 0.6 is 15.6 Å². The molecule has 3 N–H and O–H groups in total. The Morgan fingerprint density at radius 2 is 0.517 bits per heavy atom. The Labute approximate surface area is 543 Å². The van der Waals surface area contributed by atoms with Crippen LogP contribution in [-0.2, 0) is 65.4 Å². The summed E-state index contributed by atoms with van der Waals surface area (Å²) in [4.78, 5) is 72.5. The summed E-state index contributed by atoms with van der Waals surface area (Å²) in [6, 6.07) is 0. The third kappa shape index (κ3) is 64.6. The van der Waals surface area contributed by atoms with Gasteiger partial charge in [0, 0.05) is 25.7 Å². The summed E-state index contributed by atoms with van der Waals surface area (Å²) in [5.74, 6) is -0.679. The first kappa shape index (κ1) is 87.1. The van der Waals surface area contributed by atoms with Crippen LogP contribution in [0.1, 0.15) is 356 Å². The second kappa shape index (κ2) is 62.2. The maximum absolute atomic E-state index is 13.0. The molecular formula is C70H136O17P2. The number of esters is 4. The normalized spacial score (nSPS) is 14.1. The number of carbonyl (C=O) groups excluding carboxylic acids is 4.